The average Bonchev–Trinajstić information content (AvgIpc) is 3.89. The van der Waals surface area contributed by atoms with E-state index in [2.05, 4.69) is 32.5 Å². The summed E-state index contributed by atoms with van der Waals surface area (Å²) in [5.41, 5.74) is 3.28. The number of alkyl halides is 3. The van der Waals surface area contributed by atoms with Crippen molar-refractivity contribution >= 4 is 40.5 Å². The number of hydrogen-bond donors (Lipinski definition) is 2. The van der Waals surface area contributed by atoms with Gasteiger partial charge >= 0.3 is 6.18 Å². The highest BCUT2D eigenvalue weighted by Gasteiger charge is 2.58. The molecule has 13 heteroatoms. The lowest BCUT2D eigenvalue weighted by atomic mass is 9.91. The summed E-state index contributed by atoms with van der Waals surface area (Å²) in [5.74, 6) is 0.360. The van der Waals surface area contributed by atoms with Gasteiger partial charge in [0.1, 0.15) is 5.75 Å². The van der Waals surface area contributed by atoms with Crippen LogP contribution in [0.15, 0.2) is 66.9 Å². The van der Waals surface area contributed by atoms with Crippen molar-refractivity contribution in [2.45, 2.75) is 37.9 Å². The average molecular weight is 672 g/mol. The summed E-state index contributed by atoms with van der Waals surface area (Å²) in [5, 5.41) is 5.98. The molecular weight excluding hydrogens is 635 g/mol. The largest absolute Gasteiger partial charge is 0.495 e. The number of aromatic nitrogens is 2. The molecule has 49 heavy (non-hydrogen) atoms. The van der Waals surface area contributed by atoms with E-state index in [4.69, 9.17) is 9.72 Å². The smallest absolute Gasteiger partial charge is 0.416 e. The standard InChI is InChI=1S/C36H36F3N7O3/c1-22-7-8-26(41-32(47)23-5-4-6-25(17-23)36(37,38)39)18-29(22)46-21-24-20-40-34(43-31(24)35(11-12-35)33(46)48)42-27-9-10-28(30(19-27)49-3)45-15-13-44(2)14-16-45/h4-10,17-20H,11-16,21H2,1-3H3,(H,41,47)(H,40,42,43). The Balaban J connectivity index is 1.11. The van der Waals surface area contributed by atoms with Crippen LogP contribution < -0.4 is 25.2 Å². The molecule has 0 unspecified atom stereocenters. The number of piperazine rings is 1. The summed E-state index contributed by atoms with van der Waals surface area (Å²) >= 11 is 0. The molecule has 7 rings (SSSR count). The van der Waals surface area contributed by atoms with Crippen molar-refractivity contribution in [2.75, 3.05) is 60.8 Å². The van der Waals surface area contributed by atoms with E-state index in [9.17, 15) is 22.8 Å². The molecule has 2 N–H and O–H groups in total. The minimum Gasteiger partial charge on any atom is -0.495 e. The Labute approximate surface area is 281 Å². The number of amides is 2. The van der Waals surface area contributed by atoms with E-state index in [-0.39, 0.29) is 18.0 Å². The highest BCUT2D eigenvalue weighted by molar-refractivity contribution is 6.07. The maximum atomic E-state index is 14.1. The number of nitrogens with one attached hydrogen (secondary N) is 2. The fraction of sp³-hybridized carbons (Fsp3) is 0.333. The van der Waals surface area contributed by atoms with Crippen LogP contribution in [0.3, 0.4) is 0 Å². The number of fused-ring (bicyclic) bond motifs is 2. The van der Waals surface area contributed by atoms with Gasteiger partial charge in [0.15, 0.2) is 0 Å². The number of ether oxygens (including phenoxy) is 1. The van der Waals surface area contributed by atoms with Gasteiger partial charge in [0.25, 0.3) is 5.91 Å². The Bertz CT molecular complexity index is 1940. The van der Waals surface area contributed by atoms with Crippen molar-refractivity contribution in [3.05, 3.63) is 94.8 Å². The molecule has 2 fully saturated rings. The predicted molar refractivity (Wildman–Crippen MR) is 181 cm³/mol. The van der Waals surface area contributed by atoms with Crippen LogP contribution in [0.4, 0.5) is 41.9 Å². The van der Waals surface area contributed by atoms with Gasteiger partial charge in [0.2, 0.25) is 11.9 Å². The van der Waals surface area contributed by atoms with E-state index in [1.165, 1.54) is 12.1 Å². The highest BCUT2D eigenvalue weighted by Crippen LogP contribution is 2.53. The monoisotopic (exact) mass is 671 g/mol. The normalized spacial score (nSPS) is 17.1. The van der Waals surface area contributed by atoms with Gasteiger partial charge in [-0.2, -0.15) is 13.2 Å². The molecule has 4 aromatic rings. The third-order valence-corrected chi connectivity index (χ3v) is 9.54. The molecule has 254 valence electrons. The number of rotatable bonds is 7. The first kappa shape index (κ1) is 32.4. The minimum atomic E-state index is -4.57. The fourth-order valence-electron chi connectivity index (χ4n) is 6.58. The van der Waals surface area contributed by atoms with Crippen molar-refractivity contribution in [3.63, 3.8) is 0 Å². The first-order valence-corrected chi connectivity index (χ1v) is 16.1. The number of carbonyl (C=O) groups is 2. The van der Waals surface area contributed by atoms with Crippen molar-refractivity contribution in [1.82, 2.24) is 14.9 Å². The Morgan fingerprint density at radius 2 is 1.71 bits per heavy atom. The lowest BCUT2D eigenvalue weighted by Crippen LogP contribution is -2.45. The second kappa shape index (κ2) is 12.4. The van der Waals surface area contributed by atoms with Gasteiger partial charge < -0.3 is 30.1 Å². The molecule has 0 radical (unpaired) electrons. The highest BCUT2D eigenvalue weighted by atomic mass is 19.4. The number of benzene rings is 3. The van der Waals surface area contributed by atoms with E-state index in [1.54, 1.807) is 36.4 Å². The molecule has 1 saturated carbocycles. The number of carbonyl (C=O) groups excluding carboxylic acids is 2. The van der Waals surface area contributed by atoms with Crippen LogP contribution in [0, 0.1) is 6.92 Å². The maximum absolute atomic E-state index is 14.1. The number of methoxy groups -OCH3 is 1. The maximum Gasteiger partial charge on any atom is 0.416 e. The molecule has 1 saturated heterocycles. The summed E-state index contributed by atoms with van der Waals surface area (Å²) in [6.45, 7) is 5.89. The third-order valence-electron chi connectivity index (χ3n) is 9.54. The van der Waals surface area contributed by atoms with Gasteiger partial charge in [-0.05, 0) is 74.8 Å². The molecule has 3 aromatic carbocycles. The zero-order valence-electron chi connectivity index (χ0n) is 27.4. The molecule has 1 aromatic heterocycles. The van der Waals surface area contributed by atoms with E-state index in [1.807, 2.05) is 25.1 Å². The van der Waals surface area contributed by atoms with Crippen LogP contribution in [-0.4, -0.2) is 67.0 Å². The zero-order chi connectivity index (χ0) is 34.5. The van der Waals surface area contributed by atoms with Crippen LogP contribution >= 0.6 is 0 Å². The molecule has 0 atom stereocenters. The number of anilines is 5. The van der Waals surface area contributed by atoms with E-state index >= 15 is 0 Å². The molecule has 2 amide bonds. The van der Waals surface area contributed by atoms with Crippen molar-refractivity contribution in [3.8, 4) is 5.75 Å². The van der Waals surface area contributed by atoms with Gasteiger partial charge in [0.05, 0.1) is 36.0 Å². The Kier molecular flexibility index (Phi) is 8.18. The fourth-order valence-corrected chi connectivity index (χ4v) is 6.58. The van der Waals surface area contributed by atoms with Gasteiger partial charge in [0, 0.05) is 66.6 Å². The number of hydrogen-bond acceptors (Lipinski definition) is 8. The molecule has 1 spiro atoms. The summed E-state index contributed by atoms with van der Waals surface area (Å²) in [4.78, 5) is 42.8. The minimum absolute atomic E-state index is 0.0905. The molecule has 10 nitrogen and oxygen atoms in total. The zero-order valence-corrected chi connectivity index (χ0v) is 27.4. The second-order valence-electron chi connectivity index (χ2n) is 12.9. The van der Waals surface area contributed by atoms with Crippen LogP contribution in [0.2, 0.25) is 0 Å². The Morgan fingerprint density at radius 1 is 0.959 bits per heavy atom. The van der Waals surface area contributed by atoms with Gasteiger partial charge in [-0.1, -0.05) is 12.1 Å². The third kappa shape index (κ3) is 6.26. The first-order chi connectivity index (χ1) is 23.4. The molecule has 1 aliphatic carbocycles. The topological polar surface area (TPSA) is 103 Å². The van der Waals surface area contributed by atoms with Crippen LogP contribution in [0.1, 0.15) is 45.6 Å². The van der Waals surface area contributed by atoms with Crippen molar-refractivity contribution in [2.24, 2.45) is 0 Å². The number of likely N-dealkylation sites (N-methyl/N-ethyl adjacent to an activating group) is 1. The van der Waals surface area contributed by atoms with Crippen LogP contribution in [0.25, 0.3) is 0 Å². The lowest BCUT2D eigenvalue weighted by Gasteiger charge is -2.35. The molecule has 2 aliphatic heterocycles. The number of halogens is 3. The van der Waals surface area contributed by atoms with Crippen LogP contribution in [0.5, 0.6) is 5.75 Å². The van der Waals surface area contributed by atoms with Crippen molar-refractivity contribution in [1.29, 1.82) is 0 Å². The molecular formula is C36H36F3N7O3. The summed E-state index contributed by atoms with van der Waals surface area (Å²) in [7, 11) is 3.78. The van der Waals surface area contributed by atoms with Gasteiger partial charge in [-0.25, -0.2) is 9.97 Å². The Morgan fingerprint density at radius 3 is 2.43 bits per heavy atom. The number of nitrogens with zero attached hydrogens (tertiary/aromatic N) is 5. The second-order valence-corrected chi connectivity index (χ2v) is 12.9. The van der Waals surface area contributed by atoms with E-state index in [0.717, 1.165) is 66.6 Å². The number of aryl methyl sites for hydroxylation is 1. The molecule has 3 heterocycles. The molecule has 3 aliphatic rings. The quantitative estimate of drug-likeness (QED) is 0.242. The summed E-state index contributed by atoms with van der Waals surface area (Å²) in [6, 6.07) is 15.3. The van der Waals surface area contributed by atoms with E-state index < -0.39 is 23.1 Å². The predicted octanol–water partition coefficient (Wildman–Crippen LogP) is 6.14. The van der Waals surface area contributed by atoms with Gasteiger partial charge in [-0.15, -0.1) is 0 Å². The summed E-state index contributed by atoms with van der Waals surface area (Å²) in [6.07, 6.45) is -1.54. The first-order valence-electron chi connectivity index (χ1n) is 16.1. The lowest BCUT2D eigenvalue weighted by molar-refractivity contribution is -0.137. The molecule has 0 bridgehead atoms. The van der Waals surface area contributed by atoms with E-state index in [0.29, 0.717) is 35.9 Å². The SMILES string of the molecule is COc1cc(Nc2ncc3c(n2)C2(CC2)C(=O)N(c2cc(NC(=O)c4cccc(C(F)(F)F)c4)ccc2C)C3)ccc1N1CCN(C)CC1. The van der Waals surface area contributed by atoms with Crippen LogP contribution in [-0.2, 0) is 22.9 Å². The summed E-state index contributed by atoms with van der Waals surface area (Å²) < 4.78 is 45.4. The van der Waals surface area contributed by atoms with Crippen molar-refractivity contribution < 1.29 is 27.5 Å². The Hall–Kier alpha value is -5.17. The van der Waals surface area contributed by atoms with Gasteiger partial charge in [-0.3, -0.25) is 9.59 Å².